The van der Waals surface area contributed by atoms with Crippen molar-refractivity contribution in [2.75, 3.05) is 19.0 Å². The molecule has 0 aliphatic heterocycles. The Kier molecular flexibility index (Phi) is 5.55. The van der Waals surface area contributed by atoms with Gasteiger partial charge in [-0.2, -0.15) is 0 Å². The molecule has 0 atom stereocenters. The lowest BCUT2D eigenvalue weighted by Crippen LogP contribution is -2.24. The Morgan fingerprint density at radius 1 is 1.09 bits per heavy atom. The number of hydrogen-bond donors (Lipinski definition) is 2. The Morgan fingerprint density at radius 2 is 1.77 bits per heavy atom. The summed E-state index contributed by atoms with van der Waals surface area (Å²) in [5, 5.41) is 5.21. The number of para-hydroxylation sites is 1. The largest absolute Gasteiger partial charge is 0.484 e. The fourth-order valence-electron chi connectivity index (χ4n) is 1.79. The van der Waals surface area contributed by atoms with Crippen LogP contribution in [0.5, 0.6) is 5.75 Å². The van der Waals surface area contributed by atoms with Crippen LogP contribution in [0.4, 0.5) is 5.69 Å². The number of halogens is 1. The second-order valence-corrected chi connectivity index (χ2v) is 5.33. The average Bonchev–Trinajstić information content (AvgIpc) is 2.54. The Morgan fingerprint density at radius 3 is 2.45 bits per heavy atom. The maximum Gasteiger partial charge on any atom is 0.262 e. The van der Waals surface area contributed by atoms with Crippen molar-refractivity contribution < 1.29 is 14.3 Å². The topological polar surface area (TPSA) is 67.4 Å². The first-order chi connectivity index (χ1) is 10.6. The zero-order valence-electron chi connectivity index (χ0n) is 11.9. The van der Waals surface area contributed by atoms with Crippen molar-refractivity contribution in [3.63, 3.8) is 0 Å². The van der Waals surface area contributed by atoms with Crippen molar-refractivity contribution >= 4 is 33.4 Å². The van der Waals surface area contributed by atoms with Crippen molar-refractivity contribution in [2.45, 2.75) is 0 Å². The number of carbonyl (C=O) groups excluding carboxylic acids is 2. The first kappa shape index (κ1) is 16.0. The minimum absolute atomic E-state index is 0.135. The van der Waals surface area contributed by atoms with Crippen LogP contribution in [-0.2, 0) is 4.79 Å². The Labute approximate surface area is 136 Å². The first-order valence-corrected chi connectivity index (χ1v) is 7.39. The summed E-state index contributed by atoms with van der Waals surface area (Å²) in [7, 11) is 1.54. The van der Waals surface area contributed by atoms with E-state index in [4.69, 9.17) is 4.74 Å². The maximum atomic E-state index is 11.9. The highest BCUT2D eigenvalue weighted by Crippen LogP contribution is 2.17. The summed E-state index contributed by atoms with van der Waals surface area (Å²) in [6.45, 7) is -0.135. The molecule has 0 saturated carbocycles. The molecule has 5 nitrogen and oxygen atoms in total. The van der Waals surface area contributed by atoms with Gasteiger partial charge in [-0.25, -0.2) is 0 Å². The molecule has 0 fully saturated rings. The number of amides is 2. The van der Waals surface area contributed by atoms with E-state index in [2.05, 4.69) is 26.6 Å². The van der Waals surface area contributed by atoms with Gasteiger partial charge in [0.05, 0.1) is 11.3 Å². The lowest BCUT2D eigenvalue weighted by atomic mass is 10.1. The summed E-state index contributed by atoms with van der Waals surface area (Å²) in [6, 6.07) is 14.0. The van der Waals surface area contributed by atoms with E-state index in [1.54, 1.807) is 36.4 Å². The molecule has 2 aromatic carbocycles. The van der Waals surface area contributed by atoms with Crippen LogP contribution in [0, 0.1) is 0 Å². The van der Waals surface area contributed by atoms with Gasteiger partial charge in [0.1, 0.15) is 5.75 Å². The second kappa shape index (κ2) is 7.61. The van der Waals surface area contributed by atoms with Crippen molar-refractivity contribution in [3.8, 4) is 5.75 Å². The number of carbonyl (C=O) groups is 2. The minimum Gasteiger partial charge on any atom is -0.484 e. The maximum absolute atomic E-state index is 11.9. The summed E-state index contributed by atoms with van der Waals surface area (Å²) in [5.41, 5.74) is 0.855. The SMILES string of the molecule is CNC(=O)c1ccccc1NC(=O)COc1ccc(Br)cc1. The van der Waals surface area contributed by atoms with Crippen LogP contribution in [0.1, 0.15) is 10.4 Å². The van der Waals surface area contributed by atoms with E-state index in [0.717, 1.165) is 4.47 Å². The highest BCUT2D eigenvalue weighted by atomic mass is 79.9. The van der Waals surface area contributed by atoms with Gasteiger partial charge in [-0.15, -0.1) is 0 Å². The normalized spacial score (nSPS) is 9.91. The van der Waals surface area contributed by atoms with E-state index in [1.807, 2.05) is 12.1 Å². The molecule has 0 radical (unpaired) electrons. The molecular formula is C16H15BrN2O3. The highest BCUT2D eigenvalue weighted by molar-refractivity contribution is 9.10. The van der Waals surface area contributed by atoms with Gasteiger partial charge >= 0.3 is 0 Å². The predicted octanol–water partition coefficient (Wildman–Crippen LogP) is 2.83. The predicted molar refractivity (Wildman–Crippen MR) is 88.1 cm³/mol. The molecule has 2 aromatic rings. The number of hydrogen-bond acceptors (Lipinski definition) is 3. The van der Waals surface area contributed by atoms with Crippen LogP contribution in [0.15, 0.2) is 53.0 Å². The third-order valence-corrected chi connectivity index (χ3v) is 3.39. The van der Waals surface area contributed by atoms with Crippen molar-refractivity contribution in [1.82, 2.24) is 5.32 Å². The minimum atomic E-state index is -0.334. The molecule has 0 aliphatic rings. The number of rotatable bonds is 5. The van der Waals surface area contributed by atoms with E-state index in [-0.39, 0.29) is 18.4 Å². The molecule has 0 saturated heterocycles. The zero-order chi connectivity index (χ0) is 15.9. The number of anilines is 1. The standard InChI is InChI=1S/C16H15BrN2O3/c1-18-16(21)13-4-2-3-5-14(13)19-15(20)10-22-12-8-6-11(17)7-9-12/h2-9H,10H2,1H3,(H,18,21)(H,19,20). The van der Waals surface area contributed by atoms with Crippen LogP contribution in [0.3, 0.4) is 0 Å². The van der Waals surface area contributed by atoms with Gasteiger partial charge in [-0.1, -0.05) is 28.1 Å². The van der Waals surface area contributed by atoms with E-state index in [9.17, 15) is 9.59 Å². The van der Waals surface area contributed by atoms with Gasteiger partial charge in [0.2, 0.25) is 0 Å². The molecular weight excluding hydrogens is 348 g/mol. The lowest BCUT2D eigenvalue weighted by Gasteiger charge is -2.11. The molecule has 0 unspecified atom stereocenters. The van der Waals surface area contributed by atoms with Crippen LogP contribution in [0.2, 0.25) is 0 Å². The van der Waals surface area contributed by atoms with Crippen molar-refractivity contribution in [2.24, 2.45) is 0 Å². The monoisotopic (exact) mass is 362 g/mol. The summed E-state index contributed by atoms with van der Waals surface area (Å²) in [5.74, 6) is 0.00179. The van der Waals surface area contributed by atoms with Gasteiger partial charge in [-0.3, -0.25) is 9.59 Å². The number of ether oxygens (including phenoxy) is 1. The van der Waals surface area contributed by atoms with Crippen LogP contribution >= 0.6 is 15.9 Å². The number of nitrogens with one attached hydrogen (secondary N) is 2. The highest BCUT2D eigenvalue weighted by Gasteiger charge is 2.11. The molecule has 2 N–H and O–H groups in total. The third kappa shape index (κ3) is 4.33. The molecule has 2 rings (SSSR count). The lowest BCUT2D eigenvalue weighted by molar-refractivity contribution is -0.118. The molecule has 0 heterocycles. The smallest absolute Gasteiger partial charge is 0.262 e. The molecule has 0 aliphatic carbocycles. The van der Waals surface area contributed by atoms with Gasteiger partial charge in [-0.05, 0) is 36.4 Å². The molecule has 6 heteroatoms. The second-order valence-electron chi connectivity index (χ2n) is 4.42. The van der Waals surface area contributed by atoms with E-state index < -0.39 is 0 Å². The summed E-state index contributed by atoms with van der Waals surface area (Å²) >= 11 is 3.33. The average molecular weight is 363 g/mol. The first-order valence-electron chi connectivity index (χ1n) is 6.59. The Hall–Kier alpha value is -2.34. The van der Waals surface area contributed by atoms with Crippen molar-refractivity contribution in [1.29, 1.82) is 0 Å². The van der Waals surface area contributed by atoms with Gasteiger partial charge in [0.25, 0.3) is 11.8 Å². The summed E-state index contributed by atoms with van der Waals surface area (Å²) in [4.78, 5) is 23.7. The summed E-state index contributed by atoms with van der Waals surface area (Å²) in [6.07, 6.45) is 0. The molecule has 0 aromatic heterocycles. The van der Waals surface area contributed by atoms with Crippen molar-refractivity contribution in [3.05, 3.63) is 58.6 Å². The van der Waals surface area contributed by atoms with Crippen LogP contribution < -0.4 is 15.4 Å². The van der Waals surface area contributed by atoms with Gasteiger partial charge in [0, 0.05) is 11.5 Å². The quantitative estimate of drug-likeness (QED) is 0.859. The molecule has 0 bridgehead atoms. The van der Waals surface area contributed by atoms with Crippen LogP contribution in [-0.4, -0.2) is 25.5 Å². The summed E-state index contributed by atoms with van der Waals surface area (Å²) < 4.78 is 6.32. The van der Waals surface area contributed by atoms with E-state index in [0.29, 0.717) is 17.0 Å². The molecule has 0 spiro atoms. The van der Waals surface area contributed by atoms with Gasteiger partial charge < -0.3 is 15.4 Å². The van der Waals surface area contributed by atoms with E-state index in [1.165, 1.54) is 7.05 Å². The van der Waals surface area contributed by atoms with E-state index >= 15 is 0 Å². The Bertz CT molecular complexity index is 671. The van der Waals surface area contributed by atoms with Gasteiger partial charge in [0.15, 0.2) is 6.61 Å². The Balaban J connectivity index is 1.97. The fourth-order valence-corrected chi connectivity index (χ4v) is 2.06. The fraction of sp³-hybridized carbons (Fsp3) is 0.125. The molecule has 114 valence electrons. The number of benzene rings is 2. The third-order valence-electron chi connectivity index (χ3n) is 2.86. The van der Waals surface area contributed by atoms with Crippen LogP contribution in [0.25, 0.3) is 0 Å². The molecule has 2 amide bonds. The molecule has 22 heavy (non-hydrogen) atoms. The zero-order valence-corrected chi connectivity index (χ0v) is 13.5.